The van der Waals surface area contributed by atoms with E-state index in [0.717, 1.165) is 17.5 Å². The molecule has 0 aliphatic rings. The molecule has 0 saturated heterocycles. The molecule has 0 amide bonds. The molecule has 1 aromatic heterocycles. The highest BCUT2D eigenvalue weighted by Gasteiger charge is 2.41. The molecule has 0 saturated carbocycles. The molecule has 0 radical (unpaired) electrons. The molecule has 0 N–H and O–H groups in total. The molecule has 0 spiro atoms. The fourth-order valence-electron chi connectivity index (χ4n) is 3.64. The maximum Gasteiger partial charge on any atom is 0.432 e. The molecule has 37 heavy (non-hydrogen) atoms. The minimum absolute atomic E-state index is 0.119. The van der Waals surface area contributed by atoms with Gasteiger partial charge in [0.05, 0.1) is 5.69 Å². The molecule has 4 aromatic rings. The highest BCUT2D eigenvalue weighted by molar-refractivity contribution is 14.1. The number of hydrogen-bond donors (Lipinski definition) is 0. The van der Waals surface area contributed by atoms with Gasteiger partial charge in [0.25, 0.3) is 0 Å². The molecule has 0 aliphatic heterocycles. The second-order valence-corrected chi connectivity index (χ2v) is 9.57. The van der Waals surface area contributed by atoms with Crippen molar-refractivity contribution in [3.63, 3.8) is 0 Å². The van der Waals surface area contributed by atoms with Crippen LogP contribution in [0, 0.1) is 29.1 Å². The molecule has 1 atom stereocenters. The highest BCUT2D eigenvalue weighted by atomic mass is 127. The van der Waals surface area contributed by atoms with Gasteiger partial charge in [-0.2, -0.15) is 8.78 Å². The molecular formula is C27H17F7INO. The van der Waals surface area contributed by atoms with Crippen molar-refractivity contribution in [3.05, 3.63) is 107 Å². The van der Waals surface area contributed by atoms with Crippen LogP contribution in [0.4, 0.5) is 30.7 Å². The number of rotatable bonds is 7. The third-order valence-corrected chi connectivity index (χ3v) is 7.16. The van der Waals surface area contributed by atoms with Crippen molar-refractivity contribution < 1.29 is 35.5 Å². The van der Waals surface area contributed by atoms with Crippen molar-refractivity contribution in [2.45, 2.75) is 23.4 Å². The summed E-state index contributed by atoms with van der Waals surface area (Å²) in [5.74, 6) is -10.0. The predicted molar refractivity (Wildman–Crippen MR) is 133 cm³/mol. The lowest BCUT2D eigenvalue weighted by atomic mass is 10.0. The summed E-state index contributed by atoms with van der Waals surface area (Å²) < 4.78 is 103. The first-order chi connectivity index (χ1) is 17.5. The maximum absolute atomic E-state index is 14.7. The topological polar surface area (TPSA) is 22.1 Å². The summed E-state index contributed by atoms with van der Waals surface area (Å²) in [7, 11) is 0. The lowest BCUT2D eigenvalue weighted by Gasteiger charge is -2.20. The molecule has 1 unspecified atom stereocenters. The van der Waals surface area contributed by atoms with Gasteiger partial charge in [-0.3, -0.25) is 4.98 Å². The van der Waals surface area contributed by atoms with Gasteiger partial charge in [-0.1, -0.05) is 59.8 Å². The number of pyridine rings is 1. The average molecular weight is 631 g/mol. The fraction of sp³-hybridized carbons (Fsp3) is 0.148. The number of halogens is 8. The molecule has 0 fully saturated rings. The van der Waals surface area contributed by atoms with Gasteiger partial charge >= 0.3 is 6.11 Å². The Labute approximate surface area is 221 Å². The Morgan fingerprint density at radius 2 is 1.35 bits per heavy atom. The van der Waals surface area contributed by atoms with Crippen molar-refractivity contribution >= 4 is 22.6 Å². The second kappa shape index (κ2) is 10.7. The molecule has 2 nitrogen and oxygen atoms in total. The normalized spacial score (nSPS) is 12.5. The number of ether oxygens (including phenoxy) is 1. The monoisotopic (exact) mass is 631 g/mol. The molecule has 0 bridgehead atoms. The van der Waals surface area contributed by atoms with E-state index < -0.39 is 46.5 Å². The summed E-state index contributed by atoms with van der Waals surface area (Å²) in [6.07, 6.45) is -2.18. The van der Waals surface area contributed by atoms with E-state index in [2.05, 4.69) is 39.2 Å². The highest BCUT2D eigenvalue weighted by Crippen LogP contribution is 2.37. The Hall–Kier alpha value is -3.15. The van der Waals surface area contributed by atoms with E-state index in [1.165, 1.54) is 17.8 Å². The number of aromatic nitrogens is 1. The Bertz CT molecular complexity index is 1380. The maximum atomic E-state index is 14.7. The Kier molecular flexibility index (Phi) is 7.77. The summed E-state index contributed by atoms with van der Waals surface area (Å²) in [5.41, 5.74) is 1.02. The predicted octanol–water partition coefficient (Wildman–Crippen LogP) is 9.13. The fourth-order valence-corrected chi connectivity index (χ4v) is 4.06. The van der Waals surface area contributed by atoms with Crippen LogP contribution in [0.2, 0.25) is 0 Å². The zero-order valence-electron chi connectivity index (χ0n) is 19.0. The smallest absolute Gasteiger partial charge is 0.429 e. The quantitative estimate of drug-likeness (QED) is 0.0879. The zero-order valence-corrected chi connectivity index (χ0v) is 21.2. The molecule has 10 heteroatoms. The summed E-state index contributed by atoms with van der Waals surface area (Å²) >= 11 is 2.36. The second-order valence-electron chi connectivity index (χ2n) is 8.06. The summed E-state index contributed by atoms with van der Waals surface area (Å²) in [4.78, 5) is 4.20. The van der Waals surface area contributed by atoms with Crippen LogP contribution >= 0.6 is 22.6 Å². The third-order valence-electron chi connectivity index (χ3n) is 5.56. The molecule has 192 valence electrons. The number of hydrogen-bond acceptors (Lipinski definition) is 2. The van der Waals surface area contributed by atoms with Crippen LogP contribution in [0.5, 0.6) is 5.75 Å². The first-order valence-corrected chi connectivity index (χ1v) is 12.2. The van der Waals surface area contributed by atoms with Gasteiger partial charge in [0.2, 0.25) is 0 Å². The SMILES string of the molecule is CCC(I)c1ccc(-c2ccc(-c3cc(F)c(C(F)(F)Oc4cc(F)c(F)c(F)c4)c(F)c3)nc2)cc1. The van der Waals surface area contributed by atoms with Crippen molar-refractivity contribution in [2.75, 3.05) is 0 Å². The third kappa shape index (κ3) is 5.73. The zero-order chi connectivity index (χ0) is 26.9. The van der Waals surface area contributed by atoms with E-state index in [1.807, 2.05) is 24.3 Å². The van der Waals surface area contributed by atoms with Crippen molar-refractivity contribution in [1.29, 1.82) is 0 Å². The molecule has 1 heterocycles. The standard InChI is InChI=1S/C27H17F7INO/c1-2-23(35)15-5-3-14(4-6-15)16-7-8-24(36-13-16)17-9-19(28)25(20(29)10-17)27(33,34)37-18-11-21(30)26(32)22(31)12-18/h3-13,23H,2H2,1H3. The van der Waals surface area contributed by atoms with Crippen LogP contribution in [0.15, 0.2) is 66.9 Å². The van der Waals surface area contributed by atoms with Gasteiger partial charge in [0.15, 0.2) is 17.5 Å². The number of nitrogens with zero attached hydrogens (tertiary/aromatic N) is 1. The largest absolute Gasteiger partial charge is 0.432 e. The van der Waals surface area contributed by atoms with E-state index in [9.17, 15) is 30.7 Å². The van der Waals surface area contributed by atoms with Crippen molar-refractivity contribution in [3.8, 4) is 28.1 Å². The summed E-state index contributed by atoms with van der Waals surface area (Å²) in [6.45, 7) is 2.09. The van der Waals surface area contributed by atoms with Crippen LogP contribution in [-0.2, 0) is 6.11 Å². The summed E-state index contributed by atoms with van der Waals surface area (Å²) in [5, 5.41) is 0. The van der Waals surface area contributed by atoms with Gasteiger partial charge in [0, 0.05) is 33.4 Å². The van der Waals surface area contributed by atoms with Crippen LogP contribution in [0.1, 0.15) is 28.4 Å². The van der Waals surface area contributed by atoms with Crippen LogP contribution in [0.25, 0.3) is 22.4 Å². The molecule has 3 aromatic carbocycles. The first kappa shape index (κ1) is 26.9. The molecular weight excluding hydrogens is 614 g/mol. The van der Waals surface area contributed by atoms with E-state index in [4.69, 9.17) is 0 Å². The van der Waals surface area contributed by atoms with Gasteiger partial charge in [0.1, 0.15) is 22.9 Å². The van der Waals surface area contributed by atoms with E-state index >= 15 is 0 Å². The Balaban J connectivity index is 1.59. The summed E-state index contributed by atoms with van der Waals surface area (Å²) in [6, 6.07) is 12.6. The lowest BCUT2D eigenvalue weighted by Crippen LogP contribution is -2.25. The van der Waals surface area contributed by atoms with Gasteiger partial charge < -0.3 is 4.74 Å². The van der Waals surface area contributed by atoms with Crippen LogP contribution < -0.4 is 4.74 Å². The average Bonchev–Trinajstić information content (AvgIpc) is 2.86. The van der Waals surface area contributed by atoms with E-state index in [-0.39, 0.29) is 23.4 Å². The molecule has 0 aliphatic carbocycles. The van der Waals surface area contributed by atoms with Crippen molar-refractivity contribution in [1.82, 2.24) is 4.98 Å². The first-order valence-electron chi connectivity index (χ1n) is 10.9. The Morgan fingerprint density at radius 1 is 0.784 bits per heavy atom. The molecule has 4 rings (SSSR count). The van der Waals surface area contributed by atoms with E-state index in [1.54, 1.807) is 6.07 Å². The Morgan fingerprint density at radius 3 is 1.86 bits per heavy atom. The van der Waals surface area contributed by atoms with Crippen LogP contribution in [0.3, 0.4) is 0 Å². The van der Waals surface area contributed by atoms with Gasteiger partial charge in [-0.25, -0.2) is 22.0 Å². The minimum Gasteiger partial charge on any atom is -0.429 e. The number of alkyl halides is 3. The lowest BCUT2D eigenvalue weighted by molar-refractivity contribution is -0.189. The van der Waals surface area contributed by atoms with Gasteiger partial charge in [-0.15, -0.1) is 0 Å². The van der Waals surface area contributed by atoms with Crippen LogP contribution in [-0.4, -0.2) is 4.98 Å². The minimum atomic E-state index is -4.67. The number of benzene rings is 3. The van der Waals surface area contributed by atoms with Gasteiger partial charge in [-0.05, 0) is 35.7 Å². The van der Waals surface area contributed by atoms with E-state index in [0.29, 0.717) is 16.1 Å². The van der Waals surface area contributed by atoms with Crippen molar-refractivity contribution in [2.24, 2.45) is 0 Å².